The van der Waals surface area contributed by atoms with Crippen molar-refractivity contribution in [3.63, 3.8) is 0 Å². The van der Waals surface area contributed by atoms with Gasteiger partial charge in [-0.1, -0.05) is 37.1 Å². The first-order valence-electron chi connectivity index (χ1n) is 6.82. The van der Waals surface area contributed by atoms with E-state index < -0.39 is 5.97 Å². The molecule has 2 aliphatic carbocycles. The molecule has 2 aliphatic rings. The van der Waals surface area contributed by atoms with E-state index in [1.165, 1.54) is 24.0 Å². The monoisotopic (exact) mass is 242 g/mol. The minimum Gasteiger partial charge on any atom is -0.478 e. The van der Waals surface area contributed by atoms with Crippen molar-refractivity contribution in [3.8, 4) is 0 Å². The fourth-order valence-corrected chi connectivity index (χ4v) is 3.46. The summed E-state index contributed by atoms with van der Waals surface area (Å²) in [6, 6.07) is 8.32. The average molecular weight is 242 g/mol. The number of rotatable bonds is 2. The van der Waals surface area contributed by atoms with Crippen molar-refractivity contribution in [3.05, 3.63) is 41.0 Å². The van der Waals surface area contributed by atoms with Gasteiger partial charge in [-0.2, -0.15) is 0 Å². The van der Waals surface area contributed by atoms with Crippen molar-refractivity contribution in [2.24, 2.45) is 5.92 Å². The third-order valence-corrected chi connectivity index (χ3v) is 4.30. The van der Waals surface area contributed by atoms with E-state index in [1.807, 2.05) is 6.07 Å². The zero-order chi connectivity index (χ0) is 12.5. The SMILES string of the molecule is O=C(O)C1=C(C2CCCC2)c2ccccc2CC1. The largest absolute Gasteiger partial charge is 0.478 e. The second-order valence-corrected chi connectivity index (χ2v) is 5.34. The summed E-state index contributed by atoms with van der Waals surface area (Å²) in [7, 11) is 0. The number of benzene rings is 1. The summed E-state index contributed by atoms with van der Waals surface area (Å²) in [5.41, 5.74) is 4.33. The van der Waals surface area contributed by atoms with Crippen LogP contribution < -0.4 is 0 Å². The van der Waals surface area contributed by atoms with Gasteiger partial charge in [-0.25, -0.2) is 4.79 Å². The molecule has 94 valence electrons. The Morgan fingerprint density at radius 2 is 1.83 bits per heavy atom. The number of carboxylic acids is 1. The van der Waals surface area contributed by atoms with E-state index in [9.17, 15) is 9.90 Å². The summed E-state index contributed by atoms with van der Waals surface area (Å²) in [4.78, 5) is 11.5. The van der Waals surface area contributed by atoms with Crippen molar-refractivity contribution >= 4 is 11.5 Å². The molecule has 3 rings (SSSR count). The Hall–Kier alpha value is -1.57. The van der Waals surface area contributed by atoms with Gasteiger partial charge in [0.15, 0.2) is 0 Å². The molecule has 0 atom stereocenters. The predicted octanol–water partition coefficient (Wildman–Crippen LogP) is 3.66. The van der Waals surface area contributed by atoms with Gasteiger partial charge in [0.05, 0.1) is 0 Å². The van der Waals surface area contributed by atoms with Crippen LogP contribution in [0.3, 0.4) is 0 Å². The van der Waals surface area contributed by atoms with E-state index in [1.54, 1.807) is 0 Å². The molecule has 1 N–H and O–H groups in total. The Bertz CT molecular complexity index is 508. The number of hydrogen-bond donors (Lipinski definition) is 1. The van der Waals surface area contributed by atoms with E-state index in [-0.39, 0.29) is 0 Å². The molecule has 1 fully saturated rings. The quantitative estimate of drug-likeness (QED) is 0.859. The van der Waals surface area contributed by atoms with Gasteiger partial charge in [0.25, 0.3) is 0 Å². The first-order chi connectivity index (χ1) is 8.77. The van der Waals surface area contributed by atoms with Gasteiger partial charge in [-0.15, -0.1) is 0 Å². The van der Waals surface area contributed by atoms with Crippen molar-refractivity contribution in [2.75, 3.05) is 0 Å². The van der Waals surface area contributed by atoms with Crippen LogP contribution >= 0.6 is 0 Å². The standard InChI is InChI=1S/C16H18O2/c17-16(18)14-10-9-11-5-3-4-8-13(11)15(14)12-6-1-2-7-12/h3-5,8,12H,1-2,6-7,9-10H2,(H,17,18). The normalized spacial score (nSPS) is 20.0. The molecule has 1 aromatic rings. The Kier molecular flexibility index (Phi) is 2.94. The van der Waals surface area contributed by atoms with Gasteiger partial charge in [0.2, 0.25) is 0 Å². The molecule has 0 aliphatic heterocycles. The third kappa shape index (κ3) is 1.86. The van der Waals surface area contributed by atoms with E-state index in [0.717, 1.165) is 24.8 Å². The van der Waals surface area contributed by atoms with Crippen LogP contribution in [0.4, 0.5) is 0 Å². The van der Waals surface area contributed by atoms with Gasteiger partial charge < -0.3 is 5.11 Å². The Morgan fingerprint density at radius 1 is 1.11 bits per heavy atom. The zero-order valence-electron chi connectivity index (χ0n) is 10.5. The van der Waals surface area contributed by atoms with Gasteiger partial charge in [0.1, 0.15) is 0 Å². The lowest BCUT2D eigenvalue weighted by atomic mass is 9.79. The van der Waals surface area contributed by atoms with Crippen molar-refractivity contribution in [1.29, 1.82) is 0 Å². The summed E-state index contributed by atoms with van der Waals surface area (Å²) < 4.78 is 0. The molecule has 0 spiro atoms. The number of hydrogen-bond acceptors (Lipinski definition) is 1. The van der Waals surface area contributed by atoms with Gasteiger partial charge in [-0.3, -0.25) is 0 Å². The minimum atomic E-state index is -0.716. The van der Waals surface area contributed by atoms with E-state index in [4.69, 9.17) is 0 Å². The molecule has 0 saturated heterocycles. The molecular formula is C16H18O2. The van der Waals surface area contributed by atoms with E-state index in [0.29, 0.717) is 17.9 Å². The maximum atomic E-state index is 11.5. The minimum absolute atomic E-state index is 0.470. The Morgan fingerprint density at radius 3 is 2.56 bits per heavy atom. The summed E-state index contributed by atoms with van der Waals surface area (Å²) in [5, 5.41) is 9.44. The molecule has 1 saturated carbocycles. The lowest BCUT2D eigenvalue weighted by molar-refractivity contribution is -0.132. The highest BCUT2D eigenvalue weighted by Gasteiger charge is 2.29. The summed E-state index contributed by atoms with van der Waals surface area (Å²) in [6.07, 6.45) is 6.35. The topological polar surface area (TPSA) is 37.3 Å². The van der Waals surface area contributed by atoms with Gasteiger partial charge in [-0.05, 0) is 48.3 Å². The molecule has 0 heterocycles. The molecule has 0 bridgehead atoms. The lowest BCUT2D eigenvalue weighted by Gasteiger charge is -2.25. The predicted molar refractivity (Wildman–Crippen MR) is 71.3 cm³/mol. The van der Waals surface area contributed by atoms with Crippen molar-refractivity contribution in [2.45, 2.75) is 38.5 Å². The number of aryl methyl sites for hydroxylation is 1. The number of carbonyl (C=O) groups is 1. The number of aliphatic carboxylic acids is 1. The molecule has 2 heteroatoms. The fraction of sp³-hybridized carbons (Fsp3) is 0.438. The average Bonchev–Trinajstić information content (AvgIpc) is 2.90. The molecule has 0 amide bonds. The number of allylic oxidation sites excluding steroid dienone is 1. The summed E-state index contributed by atoms with van der Waals surface area (Å²) in [6.45, 7) is 0. The first-order valence-corrected chi connectivity index (χ1v) is 6.82. The lowest BCUT2D eigenvalue weighted by Crippen LogP contribution is -2.15. The second-order valence-electron chi connectivity index (χ2n) is 5.34. The highest BCUT2D eigenvalue weighted by molar-refractivity contribution is 5.98. The van der Waals surface area contributed by atoms with Crippen molar-refractivity contribution in [1.82, 2.24) is 0 Å². The van der Waals surface area contributed by atoms with Crippen molar-refractivity contribution < 1.29 is 9.90 Å². The molecule has 1 aromatic carbocycles. The number of fused-ring (bicyclic) bond motifs is 1. The highest BCUT2D eigenvalue weighted by atomic mass is 16.4. The van der Waals surface area contributed by atoms with Gasteiger partial charge in [0, 0.05) is 5.57 Å². The smallest absolute Gasteiger partial charge is 0.331 e. The number of carboxylic acid groups (broad SMARTS) is 1. The summed E-state index contributed by atoms with van der Waals surface area (Å²) >= 11 is 0. The molecule has 0 aromatic heterocycles. The molecule has 0 radical (unpaired) electrons. The fourth-order valence-electron chi connectivity index (χ4n) is 3.46. The summed E-state index contributed by atoms with van der Waals surface area (Å²) in [5.74, 6) is -0.246. The first kappa shape index (κ1) is 11.5. The van der Waals surface area contributed by atoms with Crippen LogP contribution in [0.5, 0.6) is 0 Å². The Balaban J connectivity index is 2.13. The van der Waals surface area contributed by atoms with Crippen LogP contribution in [0, 0.1) is 5.92 Å². The van der Waals surface area contributed by atoms with E-state index in [2.05, 4.69) is 18.2 Å². The van der Waals surface area contributed by atoms with Gasteiger partial charge >= 0.3 is 5.97 Å². The molecule has 2 nitrogen and oxygen atoms in total. The maximum absolute atomic E-state index is 11.5. The molecule has 0 unspecified atom stereocenters. The highest BCUT2D eigenvalue weighted by Crippen LogP contribution is 2.43. The Labute approximate surface area is 107 Å². The molecule has 18 heavy (non-hydrogen) atoms. The second kappa shape index (κ2) is 4.60. The third-order valence-electron chi connectivity index (χ3n) is 4.30. The van der Waals surface area contributed by atoms with Crippen LogP contribution in [0.2, 0.25) is 0 Å². The van der Waals surface area contributed by atoms with Crippen LogP contribution in [0.25, 0.3) is 5.57 Å². The molecular weight excluding hydrogens is 224 g/mol. The zero-order valence-corrected chi connectivity index (χ0v) is 10.5. The van der Waals surface area contributed by atoms with Crippen LogP contribution in [0.1, 0.15) is 43.2 Å². The van der Waals surface area contributed by atoms with Crippen LogP contribution in [-0.2, 0) is 11.2 Å². The van der Waals surface area contributed by atoms with Crippen LogP contribution in [-0.4, -0.2) is 11.1 Å². The van der Waals surface area contributed by atoms with Crippen LogP contribution in [0.15, 0.2) is 29.8 Å². The maximum Gasteiger partial charge on any atom is 0.331 e. The van der Waals surface area contributed by atoms with E-state index >= 15 is 0 Å².